The van der Waals surface area contributed by atoms with Gasteiger partial charge < -0.3 is 15.8 Å². The van der Waals surface area contributed by atoms with Gasteiger partial charge in [-0.2, -0.15) is 23.4 Å². The largest absolute Gasteiger partial charge is 0.420 e. The molecule has 0 unspecified atom stereocenters. The Morgan fingerprint density at radius 2 is 1.87 bits per heavy atom. The minimum atomic E-state index is -4.83. The second kappa shape index (κ2) is 10.4. The summed E-state index contributed by atoms with van der Waals surface area (Å²) < 4.78 is 61.8. The molecule has 4 heterocycles. The number of carbonyl (C=O) groups excluding carboxylic acids is 1. The van der Waals surface area contributed by atoms with E-state index in [4.69, 9.17) is 22.1 Å². The molecule has 0 bridgehead atoms. The Morgan fingerprint density at radius 1 is 1.10 bits per heavy atom. The summed E-state index contributed by atoms with van der Waals surface area (Å²) in [5.41, 5.74) is 6.43. The first-order valence-corrected chi connectivity index (χ1v) is 11.8. The van der Waals surface area contributed by atoms with Crippen LogP contribution in [0.25, 0.3) is 22.5 Å². The average Bonchev–Trinajstić information content (AvgIpc) is 3.45. The van der Waals surface area contributed by atoms with E-state index in [-0.39, 0.29) is 27.5 Å². The third-order valence-corrected chi connectivity index (χ3v) is 6.21. The quantitative estimate of drug-likeness (QED) is 0.323. The van der Waals surface area contributed by atoms with E-state index >= 15 is 4.39 Å². The Hall–Kier alpha value is -4.36. The number of aromatic nitrogens is 5. The number of nitrogens with one attached hydrogen (secondary N) is 1. The first-order valence-electron chi connectivity index (χ1n) is 11.4. The molecule has 0 fully saturated rings. The summed E-state index contributed by atoms with van der Waals surface area (Å²) in [6.07, 6.45) is 3.91. The lowest BCUT2D eigenvalue weighted by Gasteiger charge is -2.19. The fourth-order valence-corrected chi connectivity index (χ4v) is 4.37. The number of benzene rings is 1. The van der Waals surface area contributed by atoms with E-state index in [1.54, 1.807) is 6.20 Å². The molecule has 0 saturated carbocycles. The van der Waals surface area contributed by atoms with Crippen LogP contribution in [0.15, 0.2) is 55.3 Å². The number of pyridine rings is 2. The Bertz CT molecular complexity index is 1590. The predicted molar refractivity (Wildman–Crippen MR) is 135 cm³/mol. The summed E-state index contributed by atoms with van der Waals surface area (Å²) in [5.74, 6) is -2.34. The fourth-order valence-electron chi connectivity index (χ4n) is 4.12. The van der Waals surface area contributed by atoms with Crippen LogP contribution in [-0.4, -0.2) is 44.1 Å². The van der Waals surface area contributed by atoms with Crippen molar-refractivity contribution in [2.24, 2.45) is 0 Å². The summed E-state index contributed by atoms with van der Waals surface area (Å²) >= 11 is 6.37. The third kappa shape index (κ3) is 5.31. The molecule has 0 spiro atoms. The average molecular weight is 560 g/mol. The van der Waals surface area contributed by atoms with Crippen molar-refractivity contribution in [1.29, 1.82) is 0 Å². The van der Waals surface area contributed by atoms with Gasteiger partial charge >= 0.3 is 6.18 Å². The molecule has 3 N–H and O–H groups in total. The molecule has 1 aliphatic heterocycles. The van der Waals surface area contributed by atoms with Gasteiger partial charge in [0.25, 0.3) is 5.91 Å². The summed E-state index contributed by atoms with van der Waals surface area (Å²) in [4.78, 5) is 21.5. The minimum absolute atomic E-state index is 0.0379. The number of alkyl halides is 3. The number of amides is 1. The summed E-state index contributed by atoms with van der Waals surface area (Å²) in [5, 5.41) is 9.48. The molecule has 0 aliphatic carbocycles. The van der Waals surface area contributed by atoms with Gasteiger partial charge in [0.05, 0.1) is 60.0 Å². The van der Waals surface area contributed by atoms with Gasteiger partial charge in [-0.3, -0.25) is 9.78 Å². The van der Waals surface area contributed by atoms with Crippen molar-refractivity contribution in [2.45, 2.75) is 12.6 Å². The SMILES string of the molecule is Nc1cncc(C2=CCOCC2)c1-c1cc(Cl)c(C(=O)Nc2cnc(-n3nccn3)c(C(F)(F)F)c2)cc1F. The van der Waals surface area contributed by atoms with Gasteiger partial charge in [0, 0.05) is 22.9 Å². The Kier molecular flexibility index (Phi) is 7.02. The molecule has 200 valence electrons. The first kappa shape index (κ1) is 26.3. The van der Waals surface area contributed by atoms with Gasteiger partial charge in [-0.25, -0.2) is 9.37 Å². The smallest absolute Gasteiger partial charge is 0.397 e. The number of rotatable bonds is 5. The van der Waals surface area contributed by atoms with Crippen molar-refractivity contribution in [2.75, 3.05) is 24.3 Å². The number of carbonyl (C=O) groups is 1. The van der Waals surface area contributed by atoms with E-state index in [1.165, 1.54) is 24.7 Å². The van der Waals surface area contributed by atoms with Crippen LogP contribution >= 0.6 is 11.6 Å². The highest BCUT2D eigenvalue weighted by molar-refractivity contribution is 6.34. The second-order valence-corrected chi connectivity index (χ2v) is 8.79. The van der Waals surface area contributed by atoms with E-state index in [0.29, 0.717) is 41.6 Å². The monoisotopic (exact) mass is 559 g/mol. The molecule has 4 aromatic rings. The lowest BCUT2D eigenvalue weighted by Crippen LogP contribution is -2.17. The van der Waals surface area contributed by atoms with Crippen molar-refractivity contribution in [3.63, 3.8) is 0 Å². The Labute approximate surface area is 223 Å². The van der Waals surface area contributed by atoms with E-state index in [9.17, 15) is 18.0 Å². The number of nitrogen functional groups attached to an aromatic ring is 1. The van der Waals surface area contributed by atoms with Crippen molar-refractivity contribution >= 4 is 34.5 Å². The van der Waals surface area contributed by atoms with Crippen LogP contribution in [0, 0.1) is 5.82 Å². The molecule has 1 aliphatic rings. The lowest BCUT2D eigenvalue weighted by molar-refractivity contribution is -0.137. The number of anilines is 2. The van der Waals surface area contributed by atoms with E-state index in [0.717, 1.165) is 17.8 Å². The molecule has 0 radical (unpaired) electrons. The van der Waals surface area contributed by atoms with Crippen LogP contribution in [0.5, 0.6) is 0 Å². The molecule has 14 heteroatoms. The third-order valence-electron chi connectivity index (χ3n) is 5.89. The normalized spacial score (nSPS) is 13.7. The molecule has 9 nitrogen and oxygen atoms in total. The van der Waals surface area contributed by atoms with Gasteiger partial charge in [-0.1, -0.05) is 17.7 Å². The van der Waals surface area contributed by atoms with Crippen LogP contribution in [0.1, 0.15) is 27.9 Å². The van der Waals surface area contributed by atoms with Gasteiger partial charge in [-0.05, 0) is 30.2 Å². The zero-order valence-electron chi connectivity index (χ0n) is 19.8. The molecular weight excluding hydrogens is 542 g/mol. The molecule has 5 rings (SSSR count). The minimum Gasteiger partial charge on any atom is -0.397 e. The van der Waals surface area contributed by atoms with Crippen LogP contribution in [0.4, 0.5) is 28.9 Å². The maximum absolute atomic E-state index is 15.4. The molecule has 3 aromatic heterocycles. The second-order valence-electron chi connectivity index (χ2n) is 8.38. The lowest BCUT2D eigenvalue weighted by atomic mass is 9.92. The Morgan fingerprint density at radius 3 is 2.56 bits per heavy atom. The number of hydrogen-bond acceptors (Lipinski definition) is 7. The highest BCUT2D eigenvalue weighted by atomic mass is 35.5. The number of halogens is 5. The zero-order chi connectivity index (χ0) is 27.7. The topological polar surface area (TPSA) is 121 Å². The molecule has 1 aromatic carbocycles. The van der Waals surface area contributed by atoms with Crippen molar-refractivity contribution in [3.8, 4) is 16.9 Å². The number of hydrogen-bond donors (Lipinski definition) is 2. The Balaban J connectivity index is 1.48. The molecule has 0 saturated heterocycles. The number of ether oxygens (including phenoxy) is 1. The first-order chi connectivity index (χ1) is 18.6. The number of nitrogens with zero attached hydrogens (tertiary/aromatic N) is 5. The van der Waals surface area contributed by atoms with Gasteiger partial charge in [-0.15, -0.1) is 4.80 Å². The van der Waals surface area contributed by atoms with Crippen LogP contribution in [-0.2, 0) is 10.9 Å². The van der Waals surface area contributed by atoms with Crippen LogP contribution in [0.2, 0.25) is 5.02 Å². The standard InChI is InChI=1S/C25H18ClF4N7O2/c26-19-8-16(22-17(11-32-12-21(22)31)13-1-5-39-6-2-13)20(27)9-15(19)24(38)36-14-7-18(25(28,29)30)23(33-10-14)37-34-3-4-35-37/h1,3-4,7-12H,2,5-6,31H2,(H,36,38). The highest BCUT2D eigenvalue weighted by Crippen LogP contribution is 2.39. The number of nitrogens with two attached hydrogens (primary N) is 1. The molecular formula is C25H18ClF4N7O2. The van der Waals surface area contributed by atoms with E-state index in [1.807, 2.05) is 6.08 Å². The van der Waals surface area contributed by atoms with Crippen molar-refractivity contribution in [3.05, 3.63) is 82.8 Å². The molecule has 1 amide bonds. The van der Waals surface area contributed by atoms with Gasteiger partial charge in [0.2, 0.25) is 0 Å². The van der Waals surface area contributed by atoms with Crippen LogP contribution in [0.3, 0.4) is 0 Å². The zero-order valence-corrected chi connectivity index (χ0v) is 20.6. The van der Waals surface area contributed by atoms with E-state index in [2.05, 4.69) is 25.5 Å². The van der Waals surface area contributed by atoms with Crippen LogP contribution < -0.4 is 11.1 Å². The summed E-state index contributed by atoms with van der Waals surface area (Å²) in [6, 6.07) is 2.82. The molecule has 0 atom stereocenters. The summed E-state index contributed by atoms with van der Waals surface area (Å²) in [6.45, 7) is 0.864. The maximum Gasteiger partial charge on any atom is 0.420 e. The summed E-state index contributed by atoms with van der Waals surface area (Å²) in [7, 11) is 0. The predicted octanol–water partition coefficient (Wildman–Crippen LogP) is 5.17. The van der Waals surface area contributed by atoms with Gasteiger partial charge in [0.1, 0.15) is 11.4 Å². The highest BCUT2D eigenvalue weighted by Gasteiger charge is 2.36. The fraction of sp³-hybridized carbons (Fsp3) is 0.160. The molecule has 39 heavy (non-hydrogen) atoms. The van der Waals surface area contributed by atoms with Crippen molar-refractivity contribution < 1.29 is 27.1 Å². The van der Waals surface area contributed by atoms with Crippen molar-refractivity contribution in [1.82, 2.24) is 25.0 Å². The van der Waals surface area contributed by atoms with Gasteiger partial charge in [0.15, 0.2) is 5.82 Å². The van der Waals surface area contributed by atoms with E-state index < -0.39 is 29.3 Å². The maximum atomic E-state index is 15.4.